The van der Waals surface area contributed by atoms with Gasteiger partial charge in [0, 0.05) is 0 Å². The summed E-state index contributed by atoms with van der Waals surface area (Å²) in [7, 11) is 0. The predicted molar refractivity (Wildman–Crippen MR) is 82.5 cm³/mol. The van der Waals surface area contributed by atoms with Crippen LogP contribution >= 0.6 is 0 Å². The third-order valence-corrected chi connectivity index (χ3v) is 3.10. The first-order valence-corrected chi connectivity index (χ1v) is 6.46. The molecule has 0 atom stereocenters. The molecule has 0 aliphatic heterocycles. The fourth-order valence-electron chi connectivity index (χ4n) is 2.11. The highest BCUT2D eigenvalue weighted by Gasteiger charge is 2.00. The molecular weight excluding hydrogens is 248 g/mol. The number of aromatic amines is 1. The van der Waals surface area contributed by atoms with Gasteiger partial charge in [0.15, 0.2) is 0 Å². The normalized spacial score (nSPS) is 11.2. The van der Waals surface area contributed by atoms with Gasteiger partial charge >= 0.3 is 0 Å². The van der Waals surface area contributed by atoms with E-state index in [1.54, 1.807) is 6.08 Å². The summed E-state index contributed by atoms with van der Waals surface area (Å²) in [6.45, 7) is 2.04. The lowest BCUT2D eigenvalue weighted by atomic mass is 10.1. The zero-order valence-electron chi connectivity index (χ0n) is 11.1. The Bertz CT molecular complexity index is 847. The first-order chi connectivity index (χ1) is 9.72. The SMILES string of the molecule is Cc1cccc(/C=C/c2nc3ccccc3[nH]c2=O)c1. The molecule has 0 unspecified atom stereocenters. The van der Waals surface area contributed by atoms with Gasteiger partial charge in [0.1, 0.15) is 5.69 Å². The predicted octanol–water partition coefficient (Wildman–Crippen LogP) is 3.40. The number of benzene rings is 2. The van der Waals surface area contributed by atoms with Gasteiger partial charge in [-0.15, -0.1) is 0 Å². The van der Waals surface area contributed by atoms with Crippen LogP contribution in [0.15, 0.2) is 53.3 Å². The van der Waals surface area contributed by atoms with E-state index in [1.165, 1.54) is 5.56 Å². The van der Waals surface area contributed by atoms with Gasteiger partial charge in [0.05, 0.1) is 11.0 Å². The van der Waals surface area contributed by atoms with Crippen LogP contribution in [0.4, 0.5) is 0 Å². The third-order valence-electron chi connectivity index (χ3n) is 3.10. The van der Waals surface area contributed by atoms with Crippen molar-refractivity contribution >= 4 is 23.2 Å². The highest BCUT2D eigenvalue weighted by Crippen LogP contribution is 2.09. The number of hydrogen-bond acceptors (Lipinski definition) is 2. The van der Waals surface area contributed by atoms with E-state index in [-0.39, 0.29) is 5.56 Å². The second-order valence-corrected chi connectivity index (χ2v) is 4.72. The molecule has 20 heavy (non-hydrogen) atoms. The highest BCUT2D eigenvalue weighted by molar-refractivity contribution is 5.76. The first kappa shape index (κ1) is 12.4. The van der Waals surface area contributed by atoms with E-state index in [0.717, 1.165) is 16.6 Å². The maximum absolute atomic E-state index is 12.0. The lowest BCUT2D eigenvalue weighted by Gasteiger charge is -1.99. The smallest absolute Gasteiger partial charge is 0.274 e. The summed E-state index contributed by atoms with van der Waals surface area (Å²) < 4.78 is 0. The summed E-state index contributed by atoms with van der Waals surface area (Å²) in [5.74, 6) is 0. The van der Waals surface area contributed by atoms with Gasteiger partial charge in [0.2, 0.25) is 0 Å². The minimum Gasteiger partial charge on any atom is -0.319 e. The van der Waals surface area contributed by atoms with Crippen molar-refractivity contribution in [3.05, 3.63) is 75.7 Å². The Morgan fingerprint density at radius 2 is 1.90 bits per heavy atom. The van der Waals surface area contributed by atoms with Crippen LogP contribution < -0.4 is 5.56 Å². The Labute approximate surface area is 116 Å². The average Bonchev–Trinajstić information content (AvgIpc) is 2.45. The van der Waals surface area contributed by atoms with Gasteiger partial charge in [0.25, 0.3) is 5.56 Å². The number of aromatic nitrogens is 2. The number of nitrogens with zero attached hydrogens (tertiary/aromatic N) is 1. The molecule has 0 aliphatic carbocycles. The van der Waals surface area contributed by atoms with Crippen molar-refractivity contribution < 1.29 is 0 Å². The summed E-state index contributed by atoms with van der Waals surface area (Å²) in [6.07, 6.45) is 3.65. The topological polar surface area (TPSA) is 45.8 Å². The van der Waals surface area contributed by atoms with Gasteiger partial charge in [-0.05, 0) is 30.7 Å². The number of fused-ring (bicyclic) bond motifs is 1. The molecule has 1 N–H and O–H groups in total. The Kier molecular flexibility index (Phi) is 3.17. The summed E-state index contributed by atoms with van der Waals surface area (Å²) >= 11 is 0. The average molecular weight is 262 g/mol. The van der Waals surface area contributed by atoms with Gasteiger partial charge in [-0.25, -0.2) is 4.98 Å². The molecule has 2 aromatic carbocycles. The van der Waals surface area contributed by atoms with E-state index in [4.69, 9.17) is 0 Å². The van der Waals surface area contributed by atoms with Crippen LogP contribution in [-0.2, 0) is 0 Å². The molecule has 3 nitrogen and oxygen atoms in total. The Morgan fingerprint density at radius 3 is 2.75 bits per heavy atom. The molecule has 0 bridgehead atoms. The molecule has 98 valence electrons. The second-order valence-electron chi connectivity index (χ2n) is 4.72. The molecule has 0 amide bonds. The molecule has 3 aromatic rings. The summed E-state index contributed by atoms with van der Waals surface area (Å²) in [5, 5.41) is 0. The van der Waals surface area contributed by atoms with Gasteiger partial charge in [-0.2, -0.15) is 0 Å². The zero-order chi connectivity index (χ0) is 13.9. The molecule has 0 aliphatic rings. The van der Waals surface area contributed by atoms with E-state index in [2.05, 4.69) is 16.0 Å². The van der Waals surface area contributed by atoms with Crippen molar-refractivity contribution in [2.75, 3.05) is 0 Å². The molecular formula is C17H14N2O. The van der Waals surface area contributed by atoms with Crippen LogP contribution in [0.1, 0.15) is 16.8 Å². The van der Waals surface area contributed by atoms with E-state index in [9.17, 15) is 4.79 Å². The number of aryl methyl sites for hydroxylation is 1. The van der Waals surface area contributed by atoms with Crippen molar-refractivity contribution in [3.8, 4) is 0 Å². The van der Waals surface area contributed by atoms with Crippen molar-refractivity contribution in [2.24, 2.45) is 0 Å². The maximum atomic E-state index is 12.0. The quantitative estimate of drug-likeness (QED) is 0.769. The van der Waals surface area contributed by atoms with E-state index in [1.807, 2.05) is 55.5 Å². The second kappa shape index (κ2) is 5.13. The van der Waals surface area contributed by atoms with E-state index in [0.29, 0.717) is 5.69 Å². The van der Waals surface area contributed by atoms with Gasteiger partial charge in [-0.1, -0.05) is 48.0 Å². The molecule has 1 heterocycles. The number of hydrogen-bond donors (Lipinski definition) is 1. The standard InChI is InChI=1S/C17H14N2O/c1-12-5-4-6-13(11-12)9-10-16-17(20)19-15-8-3-2-7-14(15)18-16/h2-11H,1H3,(H,19,20)/b10-9+. The van der Waals surface area contributed by atoms with Crippen LogP contribution in [-0.4, -0.2) is 9.97 Å². The number of H-pyrrole nitrogens is 1. The fraction of sp³-hybridized carbons (Fsp3) is 0.0588. The van der Waals surface area contributed by atoms with Crippen LogP contribution in [0, 0.1) is 6.92 Å². The minimum absolute atomic E-state index is 0.174. The fourth-order valence-corrected chi connectivity index (χ4v) is 2.11. The summed E-state index contributed by atoms with van der Waals surface area (Å²) in [4.78, 5) is 19.2. The van der Waals surface area contributed by atoms with Crippen molar-refractivity contribution in [3.63, 3.8) is 0 Å². The van der Waals surface area contributed by atoms with Crippen molar-refractivity contribution in [1.82, 2.24) is 9.97 Å². The monoisotopic (exact) mass is 262 g/mol. The largest absolute Gasteiger partial charge is 0.319 e. The third kappa shape index (κ3) is 2.52. The molecule has 3 heteroatoms. The van der Waals surface area contributed by atoms with Crippen molar-refractivity contribution in [2.45, 2.75) is 6.92 Å². The number of rotatable bonds is 2. The minimum atomic E-state index is -0.174. The van der Waals surface area contributed by atoms with Crippen LogP contribution in [0.2, 0.25) is 0 Å². The molecule has 0 spiro atoms. The first-order valence-electron chi connectivity index (χ1n) is 6.46. The van der Waals surface area contributed by atoms with Crippen LogP contribution in [0.25, 0.3) is 23.2 Å². The Morgan fingerprint density at radius 1 is 1.05 bits per heavy atom. The Balaban J connectivity index is 2.02. The molecule has 0 radical (unpaired) electrons. The summed E-state index contributed by atoms with van der Waals surface area (Å²) in [5.41, 5.74) is 4.03. The molecule has 3 rings (SSSR count). The molecule has 0 saturated carbocycles. The van der Waals surface area contributed by atoms with Crippen LogP contribution in [0.5, 0.6) is 0 Å². The van der Waals surface area contributed by atoms with Crippen LogP contribution in [0.3, 0.4) is 0 Å². The van der Waals surface area contributed by atoms with E-state index < -0.39 is 0 Å². The maximum Gasteiger partial charge on any atom is 0.274 e. The van der Waals surface area contributed by atoms with Gasteiger partial charge in [-0.3, -0.25) is 4.79 Å². The zero-order valence-corrected chi connectivity index (χ0v) is 11.1. The van der Waals surface area contributed by atoms with Crippen molar-refractivity contribution in [1.29, 1.82) is 0 Å². The lowest BCUT2D eigenvalue weighted by Crippen LogP contribution is -2.11. The number of para-hydroxylation sites is 2. The molecule has 0 saturated heterocycles. The molecule has 1 aromatic heterocycles. The Hall–Kier alpha value is -2.68. The number of nitrogens with one attached hydrogen (secondary N) is 1. The summed E-state index contributed by atoms with van der Waals surface area (Å²) in [6, 6.07) is 15.6. The lowest BCUT2D eigenvalue weighted by molar-refractivity contribution is 1.19. The highest BCUT2D eigenvalue weighted by atomic mass is 16.1. The van der Waals surface area contributed by atoms with E-state index >= 15 is 0 Å². The molecule has 0 fully saturated rings. The van der Waals surface area contributed by atoms with Gasteiger partial charge < -0.3 is 4.98 Å².